The van der Waals surface area contributed by atoms with Crippen LogP contribution in [0.25, 0.3) is 0 Å². The van der Waals surface area contributed by atoms with Gasteiger partial charge in [-0.25, -0.2) is 0 Å². The van der Waals surface area contributed by atoms with E-state index in [0.29, 0.717) is 25.3 Å². The molecule has 0 aromatic heterocycles. The van der Waals surface area contributed by atoms with Crippen molar-refractivity contribution < 1.29 is 14.3 Å². The van der Waals surface area contributed by atoms with Crippen molar-refractivity contribution in [2.24, 2.45) is 0 Å². The number of hydrogen-bond donors (Lipinski definition) is 1. The number of nitrogens with one attached hydrogen (secondary N) is 1. The maximum atomic E-state index is 13.2. The molecule has 0 aliphatic rings. The van der Waals surface area contributed by atoms with Crippen molar-refractivity contribution in [2.45, 2.75) is 60.5 Å². The topological polar surface area (TPSA) is 58.6 Å². The molecule has 2 amide bonds. The molecule has 30 heavy (non-hydrogen) atoms. The maximum Gasteiger partial charge on any atom is 0.261 e. The van der Waals surface area contributed by atoms with Crippen molar-refractivity contribution in [3.05, 3.63) is 64.2 Å². The average Bonchev–Trinajstić information content (AvgIpc) is 2.70. The summed E-state index contributed by atoms with van der Waals surface area (Å²) >= 11 is 0. The Kier molecular flexibility index (Phi) is 8.46. The molecular formula is C25H34N2O3. The summed E-state index contributed by atoms with van der Waals surface area (Å²) in [7, 11) is 0. The van der Waals surface area contributed by atoms with Crippen LogP contribution in [-0.4, -0.2) is 35.9 Å². The largest absolute Gasteiger partial charge is 0.483 e. The van der Waals surface area contributed by atoms with Crippen LogP contribution in [0.3, 0.4) is 0 Å². The molecular weight excluding hydrogens is 376 g/mol. The van der Waals surface area contributed by atoms with Crippen LogP contribution in [0.15, 0.2) is 36.4 Å². The van der Waals surface area contributed by atoms with Gasteiger partial charge in [-0.15, -0.1) is 0 Å². The number of nitrogens with zero attached hydrogens (tertiary/aromatic N) is 1. The summed E-state index contributed by atoms with van der Waals surface area (Å²) in [5.41, 5.74) is 5.35. The molecule has 1 atom stereocenters. The Labute approximate surface area is 180 Å². The van der Waals surface area contributed by atoms with Gasteiger partial charge in [0.15, 0.2) is 6.61 Å². The summed E-state index contributed by atoms with van der Waals surface area (Å²) in [6, 6.07) is 11.4. The first kappa shape index (κ1) is 23.5. The molecule has 0 bridgehead atoms. The number of carbonyl (C=O) groups is 2. The monoisotopic (exact) mass is 410 g/mol. The van der Waals surface area contributed by atoms with Crippen LogP contribution in [-0.2, 0) is 16.1 Å². The Hall–Kier alpha value is -2.82. The highest BCUT2D eigenvalue weighted by atomic mass is 16.5. The lowest BCUT2D eigenvalue weighted by Gasteiger charge is -2.31. The summed E-state index contributed by atoms with van der Waals surface area (Å²) in [6.07, 6.45) is 0.534. The van der Waals surface area contributed by atoms with Gasteiger partial charge in [0.2, 0.25) is 5.91 Å². The van der Waals surface area contributed by atoms with Crippen LogP contribution < -0.4 is 10.1 Å². The van der Waals surface area contributed by atoms with Crippen molar-refractivity contribution in [2.75, 3.05) is 13.2 Å². The van der Waals surface area contributed by atoms with E-state index in [9.17, 15) is 9.59 Å². The third kappa shape index (κ3) is 5.85. The summed E-state index contributed by atoms with van der Waals surface area (Å²) in [6.45, 7) is 12.6. The molecule has 0 saturated carbocycles. The van der Waals surface area contributed by atoms with E-state index in [0.717, 1.165) is 27.8 Å². The van der Waals surface area contributed by atoms with E-state index in [-0.39, 0.29) is 18.4 Å². The smallest absolute Gasteiger partial charge is 0.261 e. The Morgan fingerprint density at radius 3 is 2.37 bits per heavy atom. The SMILES string of the molecule is CCNC(=O)[C@H](CC)N(Cc1ccccc1C)C(=O)COc1cc(C)cc(C)c1C. The summed E-state index contributed by atoms with van der Waals surface area (Å²) in [5.74, 6) is 0.377. The molecule has 0 fully saturated rings. The summed E-state index contributed by atoms with van der Waals surface area (Å²) in [5, 5.41) is 2.86. The van der Waals surface area contributed by atoms with Crippen LogP contribution in [0.1, 0.15) is 48.1 Å². The molecule has 0 saturated heterocycles. The third-order valence-electron chi connectivity index (χ3n) is 5.45. The molecule has 2 aromatic carbocycles. The fourth-order valence-electron chi connectivity index (χ4n) is 3.56. The lowest BCUT2D eigenvalue weighted by molar-refractivity contribution is -0.142. The van der Waals surface area contributed by atoms with Gasteiger partial charge in [-0.1, -0.05) is 37.3 Å². The number of ether oxygens (including phenoxy) is 1. The number of amides is 2. The van der Waals surface area contributed by atoms with Crippen molar-refractivity contribution in [1.82, 2.24) is 10.2 Å². The molecule has 162 valence electrons. The highest BCUT2D eigenvalue weighted by Crippen LogP contribution is 2.24. The summed E-state index contributed by atoms with van der Waals surface area (Å²) < 4.78 is 5.92. The average molecular weight is 411 g/mol. The lowest BCUT2D eigenvalue weighted by Crippen LogP contribution is -2.50. The lowest BCUT2D eigenvalue weighted by atomic mass is 10.1. The van der Waals surface area contributed by atoms with Gasteiger partial charge in [0.25, 0.3) is 5.91 Å². The number of aryl methyl sites for hydroxylation is 3. The van der Waals surface area contributed by atoms with E-state index in [1.54, 1.807) is 4.90 Å². The predicted octanol–water partition coefficient (Wildman–Crippen LogP) is 4.24. The Bertz CT molecular complexity index is 892. The van der Waals surface area contributed by atoms with E-state index in [1.165, 1.54) is 0 Å². The first-order valence-corrected chi connectivity index (χ1v) is 10.6. The molecule has 0 aliphatic heterocycles. The number of carbonyl (C=O) groups excluding carboxylic acids is 2. The van der Waals surface area contributed by atoms with E-state index >= 15 is 0 Å². The molecule has 0 aliphatic carbocycles. The van der Waals surface area contributed by atoms with E-state index < -0.39 is 6.04 Å². The molecule has 2 rings (SSSR count). The minimum atomic E-state index is -0.541. The highest BCUT2D eigenvalue weighted by molar-refractivity contribution is 5.88. The molecule has 0 spiro atoms. The molecule has 1 N–H and O–H groups in total. The van der Waals surface area contributed by atoms with Crippen molar-refractivity contribution in [3.63, 3.8) is 0 Å². The second-order valence-corrected chi connectivity index (χ2v) is 7.76. The molecule has 0 unspecified atom stereocenters. The molecule has 2 aromatic rings. The minimum absolute atomic E-state index is 0.106. The van der Waals surface area contributed by atoms with Crippen LogP contribution in [0.2, 0.25) is 0 Å². The van der Waals surface area contributed by atoms with Gasteiger partial charge in [0.05, 0.1) is 0 Å². The second kappa shape index (κ2) is 10.8. The number of benzene rings is 2. The Balaban J connectivity index is 2.27. The Morgan fingerprint density at radius 2 is 1.73 bits per heavy atom. The van der Waals surface area contributed by atoms with Crippen molar-refractivity contribution in [3.8, 4) is 5.75 Å². The Morgan fingerprint density at radius 1 is 1.03 bits per heavy atom. The van der Waals surface area contributed by atoms with Crippen molar-refractivity contribution >= 4 is 11.8 Å². The number of rotatable bonds is 9. The minimum Gasteiger partial charge on any atom is -0.483 e. The zero-order valence-corrected chi connectivity index (χ0v) is 19.0. The van der Waals surface area contributed by atoms with Crippen LogP contribution in [0, 0.1) is 27.7 Å². The van der Waals surface area contributed by atoms with Crippen LogP contribution in [0.5, 0.6) is 5.75 Å². The van der Waals surface area contributed by atoms with E-state index in [4.69, 9.17) is 4.74 Å². The van der Waals surface area contributed by atoms with Crippen LogP contribution >= 0.6 is 0 Å². The van der Waals surface area contributed by atoms with Crippen molar-refractivity contribution in [1.29, 1.82) is 0 Å². The fourth-order valence-corrected chi connectivity index (χ4v) is 3.56. The normalized spacial score (nSPS) is 11.7. The molecule has 5 nitrogen and oxygen atoms in total. The van der Waals surface area contributed by atoms with Crippen LogP contribution in [0.4, 0.5) is 0 Å². The molecule has 0 radical (unpaired) electrons. The van der Waals surface area contributed by atoms with E-state index in [1.807, 2.05) is 71.9 Å². The predicted molar refractivity (Wildman–Crippen MR) is 121 cm³/mol. The molecule has 0 heterocycles. The number of likely N-dealkylation sites (N-methyl/N-ethyl adjacent to an activating group) is 1. The number of hydrogen-bond acceptors (Lipinski definition) is 3. The molecule has 5 heteroatoms. The zero-order valence-electron chi connectivity index (χ0n) is 19.0. The fraction of sp³-hybridized carbons (Fsp3) is 0.440. The van der Waals surface area contributed by atoms with E-state index in [2.05, 4.69) is 11.4 Å². The quantitative estimate of drug-likeness (QED) is 0.673. The first-order chi connectivity index (χ1) is 14.3. The highest BCUT2D eigenvalue weighted by Gasteiger charge is 2.29. The van der Waals surface area contributed by atoms with Gasteiger partial charge >= 0.3 is 0 Å². The van der Waals surface area contributed by atoms with Gasteiger partial charge in [0.1, 0.15) is 11.8 Å². The van der Waals surface area contributed by atoms with Gasteiger partial charge in [-0.3, -0.25) is 9.59 Å². The van der Waals surface area contributed by atoms with Gasteiger partial charge in [-0.05, 0) is 74.9 Å². The van der Waals surface area contributed by atoms with Gasteiger partial charge in [-0.2, -0.15) is 0 Å². The third-order valence-corrected chi connectivity index (χ3v) is 5.45. The van der Waals surface area contributed by atoms with Gasteiger partial charge < -0.3 is 15.0 Å². The maximum absolute atomic E-state index is 13.2. The standard InChI is InChI=1S/C25H34N2O3/c1-7-22(25(29)26-8-2)27(15-21-12-10-9-11-18(21)4)24(28)16-30-23-14-17(3)13-19(5)20(23)6/h9-14,22H,7-8,15-16H2,1-6H3,(H,26,29)/t22-/m0/s1. The zero-order chi connectivity index (χ0) is 22.3. The van der Waals surface area contributed by atoms with Gasteiger partial charge in [0, 0.05) is 13.1 Å². The first-order valence-electron chi connectivity index (χ1n) is 10.6. The second-order valence-electron chi connectivity index (χ2n) is 7.76. The summed E-state index contributed by atoms with van der Waals surface area (Å²) in [4.78, 5) is 27.6.